The van der Waals surface area contributed by atoms with Gasteiger partial charge in [-0.3, -0.25) is 4.90 Å². The molecular formula is C26H33Cl2N3OS. The quantitative estimate of drug-likeness (QED) is 0.466. The van der Waals surface area contributed by atoms with E-state index in [1.807, 2.05) is 12.1 Å². The molecule has 2 saturated heterocycles. The summed E-state index contributed by atoms with van der Waals surface area (Å²) in [6, 6.07) is 13.6. The van der Waals surface area contributed by atoms with Crippen molar-refractivity contribution in [2.24, 2.45) is 0 Å². The molecule has 0 atom stereocenters. The fraction of sp³-hybridized carbons (Fsp3) is 0.538. The minimum absolute atomic E-state index is 0.0881. The van der Waals surface area contributed by atoms with Gasteiger partial charge >= 0.3 is 0 Å². The van der Waals surface area contributed by atoms with Crippen LogP contribution in [0.3, 0.4) is 0 Å². The van der Waals surface area contributed by atoms with E-state index in [-0.39, 0.29) is 5.41 Å². The van der Waals surface area contributed by atoms with Crippen LogP contribution < -0.4 is 4.90 Å². The summed E-state index contributed by atoms with van der Waals surface area (Å²) in [7, 11) is 0. The van der Waals surface area contributed by atoms with Gasteiger partial charge in [0.25, 0.3) is 0 Å². The van der Waals surface area contributed by atoms with E-state index in [4.69, 9.17) is 27.9 Å². The van der Waals surface area contributed by atoms with Crippen LogP contribution in [0.4, 0.5) is 5.69 Å². The fourth-order valence-electron chi connectivity index (χ4n) is 5.57. The van der Waals surface area contributed by atoms with Gasteiger partial charge in [-0.15, -0.1) is 0 Å². The number of morpholine rings is 1. The van der Waals surface area contributed by atoms with Crippen molar-refractivity contribution in [3.8, 4) is 0 Å². The molecule has 3 heterocycles. The van der Waals surface area contributed by atoms with Crippen molar-refractivity contribution in [1.29, 1.82) is 0 Å². The van der Waals surface area contributed by atoms with Gasteiger partial charge in [-0.1, -0.05) is 43.1 Å². The molecule has 0 spiro atoms. The molecule has 3 aliphatic heterocycles. The molecule has 0 N–H and O–H groups in total. The van der Waals surface area contributed by atoms with Crippen LogP contribution in [0.1, 0.15) is 37.8 Å². The van der Waals surface area contributed by atoms with Crippen molar-refractivity contribution in [1.82, 2.24) is 9.21 Å². The number of rotatable bonds is 4. The van der Waals surface area contributed by atoms with Crippen molar-refractivity contribution in [3.63, 3.8) is 0 Å². The Morgan fingerprint density at radius 1 is 0.939 bits per heavy atom. The lowest BCUT2D eigenvalue weighted by molar-refractivity contribution is 0.0115. The van der Waals surface area contributed by atoms with Gasteiger partial charge in [-0.2, -0.15) is 0 Å². The van der Waals surface area contributed by atoms with E-state index in [1.165, 1.54) is 29.7 Å². The number of fused-ring (bicyclic) bond motifs is 1. The second-order valence-corrected chi connectivity index (χ2v) is 12.1. The van der Waals surface area contributed by atoms with E-state index in [2.05, 4.69) is 46.2 Å². The molecule has 33 heavy (non-hydrogen) atoms. The lowest BCUT2D eigenvalue weighted by atomic mass is 9.79. The van der Waals surface area contributed by atoms with Crippen LogP contribution >= 0.6 is 35.1 Å². The standard InChI is InChI=1S/C26H33Cl2N3OS/c1-26(2)18-31(33-24-15-20(27)14-21(28)16-24)17-19-13-23(3-4-25(19)26)29-7-5-22(6-8-29)30-9-11-32-12-10-30/h3-4,13-16,22H,5-12,17-18H2,1-2H3. The lowest BCUT2D eigenvalue weighted by Crippen LogP contribution is -2.49. The second kappa shape index (κ2) is 9.96. The largest absolute Gasteiger partial charge is 0.379 e. The van der Waals surface area contributed by atoms with Crippen LogP contribution in [-0.2, 0) is 16.7 Å². The summed E-state index contributed by atoms with van der Waals surface area (Å²) in [6.45, 7) is 12.8. The molecule has 0 unspecified atom stereocenters. The minimum atomic E-state index is 0.0881. The summed E-state index contributed by atoms with van der Waals surface area (Å²) < 4.78 is 7.98. The summed E-state index contributed by atoms with van der Waals surface area (Å²) in [4.78, 5) is 6.30. The van der Waals surface area contributed by atoms with E-state index >= 15 is 0 Å². The first-order chi connectivity index (χ1) is 15.9. The maximum absolute atomic E-state index is 6.24. The molecule has 2 aromatic carbocycles. The number of hydrogen-bond donors (Lipinski definition) is 0. The molecule has 0 radical (unpaired) electrons. The molecule has 3 aliphatic rings. The first kappa shape index (κ1) is 23.8. The normalized spacial score (nSPS) is 22.4. The number of hydrogen-bond acceptors (Lipinski definition) is 5. The van der Waals surface area contributed by atoms with E-state index < -0.39 is 0 Å². The van der Waals surface area contributed by atoms with Gasteiger partial charge in [-0.25, -0.2) is 4.31 Å². The van der Waals surface area contributed by atoms with Crippen LogP contribution in [-0.4, -0.2) is 61.2 Å². The van der Waals surface area contributed by atoms with E-state index in [9.17, 15) is 0 Å². The van der Waals surface area contributed by atoms with Crippen molar-refractivity contribution in [2.75, 3.05) is 50.8 Å². The smallest absolute Gasteiger partial charge is 0.0594 e. The third kappa shape index (κ3) is 5.50. The van der Waals surface area contributed by atoms with E-state index in [0.29, 0.717) is 16.1 Å². The highest BCUT2D eigenvalue weighted by Crippen LogP contribution is 2.40. The molecule has 0 aromatic heterocycles. The Bertz CT molecular complexity index is 967. The first-order valence-corrected chi connectivity index (χ1v) is 13.5. The summed E-state index contributed by atoms with van der Waals surface area (Å²) in [5, 5.41) is 1.37. The Kier molecular flexibility index (Phi) is 7.18. The average Bonchev–Trinajstić information content (AvgIpc) is 2.78. The zero-order chi connectivity index (χ0) is 23.0. The highest BCUT2D eigenvalue weighted by atomic mass is 35.5. The second-order valence-electron chi connectivity index (χ2n) is 10.1. The molecule has 5 rings (SSSR count). The third-order valence-corrected chi connectivity index (χ3v) is 8.60. The Morgan fingerprint density at radius 3 is 2.33 bits per heavy atom. The summed E-state index contributed by atoms with van der Waals surface area (Å²) in [6.07, 6.45) is 2.47. The van der Waals surface area contributed by atoms with Crippen LogP contribution in [0.5, 0.6) is 0 Å². The molecular weight excluding hydrogens is 473 g/mol. The van der Waals surface area contributed by atoms with Crippen LogP contribution in [0, 0.1) is 0 Å². The van der Waals surface area contributed by atoms with Gasteiger partial charge in [0.1, 0.15) is 0 Å². The molecule has 4 nitrogen and oxygen atoms in total. The number of benzene rings is 2. The fourth-order valence-corrected chi connectivity index (χ4v) is 7.47. The first-order valence-electron chi connectivity index (χ1n) is 12.0. The SMILES string of the molecule is CC1(C)CN(Sc2cc(Cl)cc(Cl)c2)Cc2cc(N3CCC(N4CCOCC4)CC3)ccc21. The van der Waals surface area contributed by atoms with Crippen molar-refractivity contribution in [3.05, 3.63) is 57.6 Å². The molecule has 2 aromatic rings. The number of ether oxygens (including phenoxy) is 1. The van der Waals surface area contributed by atoms with Gasteiger partial charge in [0.2, 0.25) is 0 Å². The number of piperidine rings is 1. The van der Waals surface area contributed by atoms with Crippen LogP contribution in [0.25, 0.3) is 0 Å². The van der Waals surface area contributed by atoms with E-state index in [0.717, 1.165) is 57.4 Å². The molecule has 2 fully saturated rings. The summed E-state index contributed by atoms with van der Waals surface area (Å²) in [5.74, 6) is 0. The molecule has 0 aliphatic carbocycles. The molecule has 0 amide bonds. The Labute approximate surface area is 212 Å². The van der Waals surface area contributed by atoms with Gasteiger partial charge in [0.05, 0.1) is 13.2 Å². The molecule has 0 saturated carbocycles. The topological polar surface area (TPSA) is 19.0 Å². The van der Waals surface area contributed by atoms with Gasteiger partial charge in [0.15, 0.2) is 0 Å². The number of halogens is 2. The van der Waals surface area contributed by atoms with Crippen LogP contribution in [0.2, 0.25) is 10.0 Å². The lowest BCUT2D eigenvalue weighted by Gasteiger charge is -2.42. The zero-order valence-corrected chi connectivity index (χ0v) is 21.9. The maximum Gasteiger partial charge on any atom is 0.0594 e. The molecule has 7 heteroatoms. The Morgan fingerprint density at radius 2 is 1.64 bits per heavy atom. The maximum atomic E-state index is 6.24. The highest BCUT2D eigenvalue weighted by molar-refractivity contribution is 7.97. The van der Waals surface area contributed by atoms with Gasteiger partial charge in [0, 0.05) is 71.4 Å². The zero-order valence-electron chi connectivity index (χ0n) is 19.5. The predicted molar refractivity (Wildman–Crippen MR) is 140 cm³/mol. The molecule has 178 valence electrons. The van der Waals surface area contributed by atoms with E-state index in [1.54, 1.807) is 18.0 Å². The Balaban J connectivity index is 1.29. The highest BCUT2D eigenvalue weighted by Gasteiger charge is 2.33. The Hall–Kier alpha value is -0.950. The minimum Gasteiger partial charge on any atom is -0.379 e. The molecule has 0 bridgehead atoms. The number of anilines is 1. The number of nitrogens with zero attached hydrogens (tertiary/aromatic N) is 3. The summed E-state index contributed by atoms with van der Waals surface area (Å²) in [5.41, 5.74) is 4.35. The van der Waals surface area contributed by atoms with Crippen molar-refractivity contribution in [2.45, 2.75) is 49.6 Å². The average molecular weight is 507 g/mol. The van der Waals surface area contributed by atoms with Crippen molar-refractivity contribution < 1.29 is 4.74 Å². The van der Waals surface area contributed by atoms with Crippen molar-refractivity contribution >= 4 is 40.8 Å². The summed E-state index contributed by atoms with van der Waals surface area (Å²) >= 11 is 14.2. The van der Waals surface area contributed by atoms with Gasteiger partial charge in [-0.05, 0) is 66.2 Å². The third-order valence-electron chi connectivity index (χ3n) is 7.20. The van der Waals surface area contributed by atoms with Crippen LogP contribution in [0.15, 0.2) is 41.3 Å². The monoisotopic (exact) mass is 505 g/mol. The van der Waals surface area contributed by atoms with Gasteiger partial charge < -0.3 is 9.64 Å². The predicted octanol–water partition coefficient (Wildman–Crippen LogP) is 6.09.